The van der Waals surface area contributed by atoms with E-state index in [0.29, 0.717) is 16.3 Å². The molecule has 0 aliphatic carbocycles. The molecule has 0 aliphatic rings. The second-order valence-electron chi connectivity index (χ2n) is 5.05. The van der Waals surface area contributed by atoms with E-state index in [1.54, 1.807) is 30.3 Å². The van der Waals surface area contributed by atoms with Crippen molar-refractivity contribution < 1.29 is 14.6 Å². The first-order chi connectivity index (χ1) is 11.0. The number of aromatic hydroxyl groups is 1. The first kappa shape index (κ1) is 16.8. The number of nitrogens with one attached hydrogen (secondary N) is 1. The van der Waals surface area contributed by atoms with Gasteiger partial charge in [-0.1, -0.05) is 23.7 Å². The van der Waals surface area contributed by atoms with Gasteiger partial charge in [-0.05, 0) is 54.8 Å². The Hall–Kier alpha value is -2.53. The number of nitrogens with zero attached hydrogens (tertiary/aromatic N) is 1. The Bertz CT molecular complexity index is 721. The zero-order valence-electron chi connectivity index (χ0n) is 12.8. The molecule has 5 nitrogen and oxygen atoms in total. The largest absolute Gasteiger partial charge is 0.508 e. The van der Waals surface area contributed by atoms with Gasteiger partial charge in [-0.2, -0.15) is 5.10 Å². The molecule has 0 spiro atoms. The monoisotopic (exact) mass is 332 g/mol. The summed E-state index contributed by atoms with van der Waals surface area (Å²) in [4.78, 5) is 11.7. The van der Waals surface area contributed by atoms with Crippen LogP contribution in [-0.2, 0) is 4.79 Å². The van der Waals surface area contributed by atoms with Crippen LogP contribution in [0.1, 0.15) is 16.7 Å². The predicted molar refractivity (Wildman–Crippen MR) is 90.3 cm³/mol. The normalized spacial score (nSPS) is 10.7. The molecule has 0 aliphatic heterocycles. The van der Waals surface area contributed by atoms with Crippen LogP contribution in [0, 0.1) is 13.8 Å². The molecule has 0 bridgehead atoms. The molecule has 0 atom stereocenters. The molecule has 2 aromatic carbocycles. The summed E-state index contributed by atoms with van der Waals surface area (Å²) in [6.07, 6.45) is 1.44. The zero-order valence-corrected chi connectivity index (χ0v) is 13.6. The zero-order chi connectivity index (χ0) is 16.8. The van der Waals surface area contributed by atoms with E-state index in [1.807, 2.05) is 13.8 Å². The fraction of sp³-hybridized carbons (Fsp3) is 0.176. The van der Waals surface area contributed by atoms with Crippen LogP contribution in [0.25, 0.3) is 0 Å². The van der Waals surface area contributed by atoms with Crippen LogP contribution in [-0.4, -0.2) is 23.8 Å². The standard InChI is InChI=1S/C17H17ClN2O3/c1-11-6-15(7-12(2)17(11)18)23-10-16(22)20-19-9-13-4-3-5-14(21)8-13/h3-9,21H,10H2,1-2H3,(H,20,22)/b19-9-. The highest BCUT2D eigenvalue weighted by Gasteiger charge is 2.06. The summed E-state index contributed by atoms with van der Waals surface area (Å²) in [7, 11) is 0. The summed E-state index contributed by atoms with van der Waals surface area (Å²) in [6, 6.07) is 10.1. The number of hydrogen-bond donors (Lipinski definition) is 2. The molecule has 1 amide bonds. The smallest absolute Gasteiger partial charge is 0.277 e. The molecule has 120 valence electrons. The molecule has 2 rings (SSSR count). The van der Waals surface area contributed by atoms with E-state index in [-0.39, 0.29) is 18.3 Å². The van der Waals surface area contributed by atoms with Crippen molar-refractivity contribution in [2.75, 3.05) is 6.61 Å². The van der Waals surface area contributed by atoms with Crippen molar-refractivity contribution in [1.29, 1.82) is 0 Å². The molecule has 6 heteroatoms. The maximum atomic E-state index is 11.7. The summed E-state index contributed by atoms with van der Waals surface area (Å²) in [5, 5.41) is 13.8. The van der Waals surface area contributed by atoms with E-state index in [9.17, 15) is 9.90 Å². The minimum atomic E-state index is -0.383. The van der Waals surface area contributed by atoms with Gasteiger partial charge in [0, 0.05) is 5.02 Å². The van der Waals surface area contributed by atoms with Gasteiger partial charge in [0.15, 0.2) is 6.61 Å². The van der Waals surface area contributed by atoms with E-state index < -0.39 is 0 Å². The van der Waals surface area contributed by atoms with Crippen LogP contribution >= 0.6 is 11.6 Å². The van der Waals surface area contributed by atoms with Crippen LogP contribution in [0.15, 0.2) is 41.5 Å². The topological polar surface area (TPSA) is 70.9 Å². The number of carbonyl (C=O) groups excluding carboxylic acids is 1. The summed E-state index contributed by atoms with van der Waals surface area (Å²) >= 11 is 6.08. The molecule has 0 fully saturated rings. The van der Waals surface area contributed by atoms with Crippen molar-refractivity contribution in [3.63, 3.8) is 0 Å². The van der Waals surface area contributed by atoms with Crippen LogP contribution in [0.2, 0.25) is 5.02 Å². The minimum absolute atomic E-state index is 0.136. The van der Waals surface area contributed by atoms with Crippen molar-refractivity contribution >= 4 is 23.7 Å². The van der Waals surface area contributed by atoms with Crippen molar-refractivity contribution in [3.8, 4) is 11.5 Å². The molecule has 0 heterocycles. The number of phenolic OH excluding ortho intramolecular Hbond substituents is 1. The van der Waals surface area contributed by atoms with Gasteiger partial charge < -0.3 is 9.84 Å². The van der Waals surface area contributed by atoms with Crippen LogP contribution in [0.5, 0.6) is 11.5 Å². The quantitative estimate of drug-likeness (QED) is 0.652. The van der Waals surface area contributed by atoms with E-state index in [0.717, 1.165) is 11.1 Å². The van der Waals surface area contributed by atoms with Gasteiger partial charge in [-0.15, -0.1) is 0 Å². The Morgan fingerprint density at radius 2 is 2.00 bits per heavy atom. The number of benzene rings is 2. The van der Waals surface area contributed by atoms with Crippen molar-refractivity contribution in [3.05, 3.63) is 58.1 Å². The van der Waals surface area contributed by atoms with Gasteiger partial charge in [0.1, 0.15) is 11.5 Å². The number of rotatable bonds is 5. The highest BCUT2D eigenvalue weighted by molar-refractivity contribution is 6.32. The van der Waals surface area contributed by atoms with Crippen molar-refractivity contribution in [2.45, 2.75) is 13.8 Å². The lowest BCUT2D eigenvalue weighted by Gasteiger charge is -2.09. The number of phenols is 1. The van der Waals surface area contributed by atoms with Crippen molar-refractivity contribution in [2.24, 2.45) is 5.10 Å². The van der Waals surface area contributed by atoms with Gasteiger partial charge in [-0.25, -0.2) is 5.43 Å². The molecular formula is C17H17ClN2O3. The second kappa shape index (κ2) is 7.65. The average Bonchev–Trinajstić information content (AvgIpc) is 2.50. The molecule has 0 saturated heterocycles. The lowest BCUT2D eigenvalue weighted by Crippen LogP contribution is -2.24. The third-order valence-corrected chi connectivity index (χ3v) is 3.65. The van der Waals surface area contributed by atoms with Gasteiger partial charge in [-0.3, -0.25) is 4.79 Å². The first-order valence-electron chi connectivity index (χ1n) is 6.96. The van der Waals surface area contributed by atoms with E-state index in [2.05, 4.69) is 10.5 Å². The maximum Gasteiger partial charge on any atom is 0.277 e. The average molecular weight is 333 g/mol. The fourth-order valence-electron chi connectivity index (χ4n) is 1.95. The molecule has 2 N–H and O–H groups in total. The lowest BCUT2D eigenvalue weighted by molar-refractivity contribution is -0.123. The highest BCUT2D eigenvalue weighted by atomic mass is 35.5. The first-order valence-corrected chi connectivity index (χ1v) is 7.34. The van der Waals surface area contributed by atoms with Crippen molar-refractivity contribution in [1.82, 2.24) is 5.43 Å². The number of halogens is 1. The fourth-order valence-corrected chi connectivity index (χ4v) is 2.06. The highest BCUT2D eigenvalue weighted by Crippen LogP contribution is 2.25. The molecule has 2 aromatic rings. The molecular weight excluding hydrogens is 316 g/mol. The van der Waals surface area contributed by atoms with Gasteiger partial charge in [0.2, 0.25) is 0 Å². The van der Waals surface area contributed by atoms with Crippen LogP contribution < -0.4 is 10.2 Å². The summed E-state index contributed by atoms with van der Waals surface area (Å²) in [6.45, 7) is 3.60. The summed E-state index contributed by atoms with van der Waals surface area (Å²) < 4.78 is 5.42. The van der Waals surface area contributed by atoms with Crippen LogP contribution in [0.4, 0.5) is 0 Å². The van der Waals surface area contributed by atoms with Gasteiger partial charge in [0.25, 0.3) is 5.91 Å². The number of aryl methyl sites for hydroxylation is 2. The maximum absolute atomic E-state index is 11.7. The molecule has 0 aromatic heterocycles. The Balaban J connectivity index is 1.86. The Labute approximate surface area is 139 Å². The van der Waals surface area contributed by atoms with E-state index in [1.165, 1.54) is 12.3 Å². The van der Waals surface area contributed by atoms with E-state index >= 15 is 0 Å². The lowest BCUT2D eigenvalue weighted by atomic mass is 10.1. The molecule has 0 radical (unpaired) electrons. The Morgan fingerprint density at radius 1 is 1.30 bits per heavy atom. The summed E-state index contributed by atoms with van der Waals surface area (Å²) in [5.41, 5.74) is 4.82. The van der Waals surface area contributed by atoms with Gasteiger partial charge in [0.05, 0.1) is 6.21 Å². The third kappa shape index (κ3) is 5.00. The van der Waals surface area contributed by atoms with Crippen LogP contribution in [0.3, 0.4) is 0 Å². The predicted octanol–water partition coefficient (Wildman–Crippen LogP) is 3.19. The molecule has 0 saturated carbocycles. The number of carbonyl (C=O) groups is 1. The molecule has 23 heavy (non-hydrogen) atoms. The second-order valence-corrected chi connectivity index (χ2v) is 5.43. The Morgan fingerprint density at radius 3 is 2.65 bits per heavy atom. The number of amides is 1. The SMILES string of the molecule is Cc1cc(OCC(=O)N/N=C\c2cccc(O)c2)cc(C)c1Cl. The minimum Gasteiger partial charge on any atom is -0.508 e. The number of hydrazone groups is 1. The van der Waals surface area contributed by atoms with E-state index in [4.69, 9.17) is 16.3 Å². The molecule has 0 unspecified atom stereocenters. The number of hydrogen-bond acceptors (Lipinski definition) is 4. The Kier molecular flexibility index (Phi) is 5.60. The third-order valence-electron chi connectivity index (χ3n) is 3.05. The summed E-state index contributed by atoms with van der Waals surface area (Å²) in [5.74, 6) is 0.334. The number of ether oxygens (including phenoxy) is 1. The van der Waals surface area contributed by atoms with Gasteiger partial charge >= 0.3 is 0 Å².